The van der Waals surface area contributed by atoms with E-state index in [0.717, 1.165) is 25.1 Å². The molecule has 1 aliphatic heterocycles. The van der Waals surface area contributed by atoms with Gasteiger partial charge in [-0.1, -0.05) is 24.3 Å². The molecule has 2 rings (SSSR count). The first kappa shape index (κ1) is 14.8. The number of benzene rings is 1. The Bertz CT molecular complexity index is 472. The van der Waals surface area contributed by atoms with Gasteiger partial charge < -0.3 is 15.4 Å². The van der Waals surface area contributed by atoms with E-state index in [-0.39, 0.29) is 5.91 Å². The minimum Gasteiger partial charge on any atom is -0.377 e. The van der Waals surface area contributed by atoms with Gasteiger partial charge in [0.2, 0.25) is 5.91 Å². The van der Waals surface area contributed by atoms with Crippen LogP contribution in [-0.2, 0) is 29.2 Å². The Morgan fingerprint density at radius 2 is 2.25 bits per heavy atom. The van der Waals surface area contributed by atoms with Crippen LogP contribution in [0.3, 0.4) is 0 Å². The maximum atomic E-state index is 11.7. The molecule has 0 fully saturated rings. The lowest BCUT2D eigenvalue weighted by Gasteiger charge is -2.07. The molecule has 2 N–H and O–H groups in total. The molecule has 0 saturated heterocycles. The van der Waals surface area contributed by atoms with Gasteiger partial charge in [0.25, 0.3) is 0 Å². The lowest BCUT2D eigenvalue weighted by atomic mass is 10.1. The molecular weight excluding hydrogens is 252 g/mol. The van der Waals surface area contributed by atoms with Crippen molar-refractivity contribution < 1.29 is 9.53 Å². The van der Waals surface area contributed by atoms with Gasteiger partial charge in [0, 0.05) is 32.7 Å². The highest BCUT2D eigenvalue weighted by Gasteiger charge is 2.10. The highest BCUT2D eigenvalue weighted by Crippen LogP contribution is 2.16. The Kier molecular flexibility index (Phi) is 5.77. The number of amides is 1. The third-order valence-corrected chi connectivity index (χ3v) is 3.32. The summed E-state index contributed by atoms with van der Waals surface area (Å²) in [6.45, 7) is 7.20. The summed E-state index contributed by atoms with van der Waals surface area (Å²) in [5.41, 5.74) is 3.86. The van der Waals surface area contributed by atoms with Crippen LogP contribution in [0.5, 0.6) is 0 Å². The minimum atomic E-state index is 0.0748. The quantitative estimate of drug-likeness (QED) is 0.562. The summed E-state index contributed by atoms with van der Waals surface area (Å²) in [7, 11) is 0. The Labute approximate surface area is 120 Å². The van der Waals surface area contributed by atoms with Gasteiger partial charge in [0.1, 0.15) is 0 Å². The Balaban J connectivity index is 1.67. The van der Waals surface area contributed by atoms with Crippen LogP contribution in [-0.4, -0.2) is 19.1 Å². The summed E-state index contributed by atoms with van der Waals surface area (Å²) in [5, 5.41) is 6.26. The second kappa shape index (κ2) is 7.82. The third kappa shape index (κ3) is 4.47. The highest BCUT2D eigenvalue weighted by molar-refractivity contribution is 5.75. The van der Waals surface area contributed by atoms with E-state index in [0.29, 0.717) is 26.2 Å². The molecule has 0 spiro atoms. The Hall–Kier alpha value is -1.65. The second-order valence-corrected chi connectivity index (χ2v) is 4.95. The predicted octanol–water partition coefficient (Wildman–Crippen LogP) is 1.89. The molecular formula is C16H22N2O2. The predicted molar refractivity (Wildman–Crippen MR) is 79.1 cm³/mol. The highest BCUT2D eigenvalue weighted by atomic mass is 16.5. The van der Waals surface area contributed by atoms with Gasteiger partial charge in [-0.2, -0.15) is 0 Å². The van der Waals surface area contributed by atoms with E-state index >= 15 is 0 Å². The van der Waals surface area contributed by atoms with Crippen LogP contribution in [0.15, 0.2) is 30.9 Å². The third-order valence-electron chi connectivity index (χ3n) is 3.32. The van der Waals surface area contributed by atoms with Crippen molar-refractivity contribution in [2.75, 3.05) is 13.2 Å². The summed E-state index contributed by atoms with van der Waals surface area (Å²) in [4.78, 5) is 11.7. The average molecular weight is 274 g/mol. The molecule has 4 nitrogen and oxygen atoms in total. The molecule has 0 saturated carbocycles. The van der Waals surface area contributed by atoms with E-state index in [1.54, 1.807) is 6.08 Å². The maximum Gasteiger partial charge on any atom is 0.220 e. The molecule has 20 heavy (non-hydrogen) atoms. The Morgan fingerprint density at radius 3 is 3.10 bits per heavy atom. The number of ether oxygens (including phenoxy) is 1. The first-order valence-corrected chi connectivity index (χ1v) is 7.06. The number of carbonyl (C=O) groups is 1. The van der Waals surface area contributed by atoms with Crippen LogP contribution in [0.25, 0.3) is 0 Å². The van der Waals surface area contributed by atoms with Crippen molar-refractivity contribution in [2.24, 2.45) is 0 Å². The van der Waals surface area contributed by atoms with E-state index in [2.05, 4.69) is 35.4 Å². The zero-order valence-electron chi connectivity index (χ0n) is 11.8. The van der Waals surface area contributed by atoms with Crippen molar-refractivity contribution in [2.45, 2.75) is 32.5 Å². The monoisotopic (exact) mass is 274 g/mol. The molecule has 0 aromatic heterocycles. The molecule has 1 heterocycles. The summed E-state index contributed by atoms with van der Waals surface area (Å²) >= 11 is 0. The number of carbonyl (C=O) groups excluding carboxylic acids is 1. The lowest BCUT2D eigenvalue weighted by Crippen LogP contribution is -2.22. The molecule has 1 aliphatic rings. The summed E-state index contributed by atoms with van der Waals surface area (Å²) in [6.07, 6.45) is 2.96. The van der Waals surface area contributed by atoms with Crippen molar-refractivity contribution in [1.82, 2.24) is 10.6 Å². The van der Waals surface area contributed by atoms with Crippen LogP contribution < -0.4 is 10.6 Å². The molecule has 0 aliphatic carbocycles. The molecule has 0 atom stereocenters. The first-order chi connectivity index (χ1) is 9.79. The van der Waals surface area contributed by atoms with Crippen LogP contribution in [0.4, 0.5) is 0 Å². The fraction of sp³-hybridized carbons (Fsp3) is 0.438. The summed E-state index contributed by atoms with van der Waals surface area (Å²) < 4.78 is 5.24. The molecule has 1 aromatic rings. The molecule has 4 heteroatoms. The Morgan fingerprint density at radius 1 is 1.40 bits per heavy atom. The fourth-order valence-electron chi connectivity index (χ4n) is 2.25. The molecule has 0 unspecified atom stereocenters. The zero-order chi connectivity index (χ0) is 14.2. The fourth-order valence-corrected chi connectivity index (χ4v) is 2.25. The average Bonchev–Trinajstić information content (AvgIpc) is 2.92. The van der Waals surface area contributed by atoms with Crippen molar-refractivity contribution in [3.63, 3.8) is 0 Å². The van der Waals surface area contributed by atoms with E-state index in [1.165, 1.54) is 11.1 Å². The zero-order valence-corrected chi connectivity index (χ0v) is 11.8. The molecule has 1 aromatic carbocycles. The minimum absolute atomic E-state index is 0.0748. The van der Waals surface area contributed by atoms with E-state index < -0.39 is 0 Å². The van der Waals surface area contributed by atoms with Gasteiger partial charge in [0.15, 0.2) is 0 Å². The van der Waals surface area contributed by atoms with Gasteiger partial charge in [-0.05, 0) is 23.1 Å². The largest absolute Gasteiger partial charge is 0.377 e. The van der Waals surface area contributed by atoms with Gasteiger partial charge >= 0.3 is 0 Å². The number of fused-ring (bicyclic) bond motifs is 1. The van der Waals surface area contributed by atoms with E-state index in [4.69, 9.17) is 4.74 Å². The lowest BCUT2D eigenvalue weighted by molar-refractivity contribution is -0.121. The van der Waals surface area contributed by atoms with Gasteiger partial charge in [-0.15, -0.1) is 6.58 Å². The van der Waals surface area contributed by atoms with Crippen LogP contribution in [0.2, 0.25) is 0 Å². The second-order valence-electron chi connectivity index (χ2n) is 4.95. The van der Waals surface area contributed by atoms with Crippen molar-refractivity contribution >= 4 is 5.91 Å². The van der Waals surface area contributed by atoms with E-state index in [9.17, 15) is 4.79 Å². The van der Waals surface area contributed by atoms with Crippen LogP contribution in [0, 0.1) is 0 Å². The number of hydrogen-bond acceptors (Lipinski definition) is 3. The molecule has 108 valence electrons. The summed E-state index contributed by atoms with van der Waals surface area (Å²) in [5.74, 6) is 0.0748. The van der Waals surface area contributed by atoms with Gasteiger partial charge in [0.05, 0.1) is 6.61 Å². The molecule has 1 amide bonds. The first-order valence-electron chi connectivity index (χ1n) is 7.06. The van der Waals surface area contributed by atoms with Crippen LogP contribution in [0.1, 0.15) is 29.5 Å². The van der Waals surface area contributed by atoms with Crippen molar-refractivity contribution in [3.8, 4) is 0 Å². The van der Waals surface area contributed by atoms with Gasteiger partial charge in [-0.3, -0.25) is 4.79 Å². The SMILES string of the molecule is C=CCOCCCC(=O)NCc1ccc2c(c1)CNC2. The van der Waals surface area contributed by atoms with Gasteiger partial charge in [-0.25, -0.2) is 0 Å². The molecule has 0 bridgehead atoms. The van der Waals surface area contributed by atoms with E-state index in [1.807, 2.05) is 0 Å². The number of hydrogen-bond donors (Lipinski definition) is 2. The number of nitrogens with one attached hydrogen (secondary N) is 2. The van der Waals surface area contributed by atoms with Crippen molar-refractivity contribution in [3.05, 3.63) is 47.5 Å². The maximum absolute atomic E-state index is 11.7. The topological polar surface area (TPSA) is 50.4 Å². The standard InChI is InChI=1S/C16H22N2O2/c1-2-7-20-8-3-4-16(19)18-10-13-5-6-14-11-17-12-15(14)9-13/h2,5-6,9,17H,1,3-4,7-8,10-12H2,(H,18,19). The summed E-state index contributed by atoms with van der Waals surface area (Å²) in [6, 6.07) is 6.39. The number of rotatable bonds is 8. The molecule has 0 radical (unpaired) electrons. The van der Waals surface area contributed by atoms with Crippen LogP contribution >= 0.6 is 0 Å². The van der Waals surface area contributed by atoms with Crippen molar-refractivity contribution in [1.29, 1.82) is 0 Å². The normalized spacial score (nSPS) is 13.0. The smallest absolute Gasteiger partial charge is 0.220 e.